The fourth-order valence-electron chi connectivity index (χ4n) is 1.64. The van der Waals surface area contributed by atoms with Crippen molar-refractivity contribution in [2.45, 2.75) is 6.61 Å². The van der Waals surface area contributed by atoms with Crippen molar-refractivity contribution in [3.05, 3.63) is 63.4 Å². The average Bonchev–Trinajstić information content (AvgIpc) is 2.39. The number of carboxylic acid groups (broad SMARTS) is 1. The lowest BCUT2D eigenvalue weighted by Gasteiger charge is -2.11. The van der Waals surface area contributed by atoms with Crippen molar-refractivity contribution in [1.82, 2.24) is 0 Å². The van der Waals surface area contributed by atoms with Crippen LogP contribution in [0, 0.1) is 5.82 Å². The van der Waals surface area contributed by atoms with Crippen molar-refractivity contribution in [1.29, 1.82) is 0 Å². The molecule has 0 aromatic heterocycles. The number of aromatic carboxylic acids is 1. The summed E-state index contributed by atoms with van der Waals surface area (Å²) < 4.78 is 18.8. The van der Waals surface area contributed by atoms with Gasteiger partial charge in [0.2, 0.25) is 0 Å². The van der Waals surface area contributed by atoms with Crippen LogP contribution in [0.25, 0.3) is 0 Å². The lowest BCUT2D eigenvalue weighted by atomic mass is 10.2. The van der Waals surface area contributed by atoms with E-state index in [1.807, 2.05) is 0 Å². The van der Waals surface area contributed by atoms with Gasteiger partial charge in [-0.05, 0) is 30.3 Å². The van der Waals surface area contributed by atoms with Crippen molar-refractivity contribution in [2.24, 2.45) is 0 Å². The number of benzene rings is 2. The molecule has 0 saturated heterocycles. The van der Waals surface area contributed by atoms with E-state index in [1.54, 1.807) is 18.2 Å². The molecule has 0 unspecified atom stereocenters. The van der Waals surface area contributed by atoms with Gasteiger partial charge in [0.1, 0.15) is 23.7 Å². The first-order chi connectivity index (χ1) is 9.49. The summed E-state index contributed by atoms with van der Waals surface area (Å²) in [6, 6.07) is 8.64. The molecular weight excluding hydrogens is 306 g/mol. The van der Waals surface area contributed by atoms with Gasteiger partial charge in [-0.3, -0.25) is 0 Å². The van der Waals surface area contributed by atoms with E-state index in [0.29, 0.717) is 15.6 Å². The van der Waals surface area contributed by atoms with Crippen LogP contribution in [0.1, 0.15) is 15.9 Å². The third-order valence-corrected chi connectivity index (χ3v) is 3.18. The van der Waals surface area contributed by atoms with Gasteiger partial charge in [0.15, 0.2) is 0 Å². The summed E-state index contributed by atoms with van der Waals surface area (Å²) in [5.74, 6) is -2.31. The Morgan fingerprint density at radius 3 is 2.70 bits per heavy atom. The molecule has 0 aliphatic carbocycles. The smallest absolute Gasteiger partial charge is 0.342 e. The molecule has 0 aliphatic rings. The van der Waals surface area contributed by atoms with Gasteiger partial charge in [-0.2, -0.15) is 0 Å². The number of hydrogen-bond donors (Lipinski definition) is 1. The van der Waals surface area contributed by atoms with Gasteiger partial charge in [0.25, 0.3) is 0 Å². The summed E-state index contributed by atoms with van der Waals surface area (Å²) in [6.45, 7) is -0.0108. The molecule has 0 saturated carbocycles. The Labute approximate surface area is 124 Å². The Morgan fingerprint density at radius 2 is 2.00 bits per heavy atom. The van der Waals surface area contributed by atoms with E-state index < -0.39 is 17.3 Å². The van der Waals surface area contributed by atoms with Crippen LogP contribution in [0.5, 0.6) is 5.75 Å². The van der Waals surface area contributed by atoms with Crippen molar-refractivity contribution in [3.8, 4) is 5.75 Å². The van der Waals surface area contributed by atoms with Crippen LogP contribution in [-0.2, 0) is 6.61 Å². The molecular formula is C14H9Cl2FO3. The van der Waals surface area contributed by atoms with E-state index in [-0.39, 0.29) is 12.4 Å². The highest BCUT2D eigenvalue weighted by Gasteiger charge is 2.17. The summed E-state index contributed by atoms with van der Waals surface area (Å²) in [7, 11) is 0. The molecule has 0 bridgehead atoms. The van der Waals surface area contributed by atoms with Crippen LogP contribution in [0.15, 0.2) is 36.4 Å². The maximum atomic E-state index is 13.5. The normalized spacial score (nSPS) is 10.3. The van der Waals surface area contributed by atoms with Crippen LogP contribution in [0.2, 0.25) is 10.0 Å². The molecule has 0 atom stereocenters. The fraction of sp³-hybridized carbons (Fsp3) is 0.0714. The van der Waals surface area contributed by atoms with Gasteiger partial charge in [-0.25, -0.2) is 9.18 Å². The van der Waals surface area contributed by atoms with E-state index in [1.165, 1.54) is 12.1 Å². The molecule has 0 radical (unpaired) electrons. The Bertz CT molecular complexity index is 659. The molecule has 20 heavy (non-hydrogen) atoms. The lowest BCUT2D eigenvalue weighted by molar-refractivity contribution is 0.0686. The van der Waals surface area contributed by atoms with Crippen LogP contribution >= 0.6 is 23.2 Å². The lowest BCUT2D eigenvalue weighted by Crippen LogP contribution is -2.06. The quantitative estimate of drug-likeness (QED) is 0.909. The van der Waals surface area contributed by atoms with Crippen molar-refractivity contribution in [3.63, 3.8) is 0 Å². The molecule has 0 amide bonds. The van der Waals surface area contributed by atoms with Gasteiger partial charge in [0, 0.05) is 15.6 Å². The summed E-state index contributed by atoms with van der Waals surface area (Å²) in [5.41, 5.74) is 0.0745. The second-order valence-electron chi connectivity index (χ2n) is 3.94. The summed E-state index contributed by atoms with van der Waals surface area (Å²) in [6.07, 6.45) is 0. The molecule has 0 spiro atoms. The molecule has 2 aromatic carbocycles. The fourth-order valence-corrected chi connectivity index (χ4v) is 2.01. The van der Waals surface area contributed by atoms with Gasteiger partial charge in [0.05, 0.1) is 0 Å². The molecule has 0 heterocycles. The van der Waals surface area contributed by atoms with Crippen LogP contribution in [0.3, 0.4) is 0 Å². The zero-order chi connectivity index (χ0) is 14.7. The second-order valence-corrected chi connectivity index (χ2v) is 4.79. The Balaban J connectivity index is 2.25. The highest BCUT2D eigenvalue weighted by Crippen LogP contribution is 2.25. The van der Waals surface area contributed by atoms with Crippen molar-refractivity contribution in [2.75, 3.05) is 0 Å². The first kappa shape index (κ1) is 14.6. The predicted octanol–water partition coefficient (Wildman–Crippen LogP) is 4.41. The SMILES string of the molecule is O=C(O)c1c(F)cccc1OCc1cc(Cl)ccc1Cl. The molecule has 104 valence electrons. The highest BCUT2D eigenvalue weighted by molar-refractivity contribution is 6.33. The summed E-state index contributed by atoms with van der Waals surface area (Å²) >= 11 is 11.8. The zero-order valence-electron chi connectivity index (χ0n) is 10.1. The maximum Gasteiger partial charge on any atom is 0.342 e. The standard InChI is InChI=1S/C14H9Cl2FO3/c15-9-4-5-10(16)8(6-9)7-20-12-3-1-2-11(17)13(12)14(18)19/h1-6H,7H2,(H,18,19). The van der Waals surface area contributed by atoms with E-state index in [0.717, 1.165) is 6.07 Å². The number of rotatable bonds is 4. The molecule has 2 rings (SSSR count). The minimum Gasteiger partial charge on any atom is -0.488 e. The summed E-state index contributed by atoms with van der Waals surface area (Å²) in [5, 5.41) is 9.89. The number of ether oxygens (including phenoxy) is 1. The van der Waals surface area contributed by atoms with Gasteiger partial charge >= 0.3 is 5.97 Å². The van der Waals surface area contributed by atoms with Crippen molar-refractivity contribution < 1.29 is 19.0 Å². The highest BCUT2D eigenvalue weighted by atomic mass is 35.5. The molecule has 2 aromatic rings. The Hall–Kier alpha value is -1.78. The Morgan fingerprint density at radius 1 is 1.25 bits per heavy atom. The molecule has 3 nitrogen and oxygen atoms in total. The predicted molar refractivity (Wildman–Crippen MR) is 74.2 cm³/mol. The third-order valence-electron chi connectivity index (χ3n) is 2.58. The number of carboxylic acids is 1. The van der Waals surface area contributed by atoms with Crippen molar-refractivity contribution >= 4 is 29.2 Å². The maximum absolute atomic E-state index is 13.5. The minimum absolute atomic E-state index is 0.0108. The van der Waals surface area contributed by atoms with Gasteiger partial charge in [-0.1, -0.05) is 29.3 Å². The molecule has 0 fully saturated rings. The first-order valence-electron chi connectivity index (χ1n) is 5.57. The monoisotopic (exact) mass is 314 g/mol. The number of carbonyl (C=O) groups is 1. The van der Waals surface area contributed by atoms with Gasteiger partial charge in [-0.15, -0.1) is 0 Å². The summed E-state index contributed by atoms with van der Waals surface area (Å²) in [4.78, 5) is 11.0. The van der Waals surface area contributed by atoms with Crippen LogP contribution < -0.4 is 4.74 Å². The molecule has 1 N–H and O–H groups in total. The zero-order valence-corrected chi connectivity index (χ0v) is 11.6. The molecule has 0 aliphatic heterocycles. The van der Waals surface area contributed by atoms with Crippen LogP contribution in [-0.4, -0.2) is 11.1 Å². The average molecular weight is 315 g/mol. The van der Waals surface area contributed by atoms with Crippen LogP contribution in [0.4, 0.5) is 4.39 Å². The van der Waals surface area contributed by atoms with E-state index in [4.69, 9.17) is 33.0 Å². The van der Waals surface area contributed by atoms with E-state index in [2.05, 4.69) is 0 Å². The van der Waals surface area contributed by atoms with E-state index in [9.17, 15) is 9.18 Å². The third kappa shape index (κ3) is 3.21. The first-order valence-corrected chi connectivity index (χ1v) is 6.33. The number of halogens is 3. The topological polar surface area (TPSA) is 46.5 Å². The van der Waals surface area contributed by atoms with Gasteiger partial charge < -0.3 is 9.84 Å². The second kappa shape index (κ2) is 6.11. The largest absolute Gasteiger partial charge is 0.488 e. The van der Waals surface area contributed by atoms with E-state index >= 15 is 0 Å². The number of hydrogen-bond acceptors (Lipinski definition) is 2. The minimum atomic E-state index is -1.39. The molecule has 6 heteroatoms. The Kier molecular flexibility index (Phi) is 4.47.